The molecule has 0 heterocycles. The summed E-state index contributed by atoms with van der Waals surface area (Å²) in [6.45, 7) is 13.5. The first kappa shape index (κ1) is 13.9. The highest BCUT2D eigenvalue weighted by molar-refractivity contribution is 4.72. The largest absolute Gasteiger partial charge is 0.312 e. The van der Waals surface area contributed by atoms with Crippen LogP contribution in [0.4, 0.5) is 0 Å². The van der Waals surface area contributed by atoms with E-state index in [1.807, 2.05) is 0 Å². The fraction of sp³-hybridized carbons (Fsp3) is 1.00. The van der Waals surface area contributed by atoms with Gasteiger partial charge in [0.15, 0.2) is 0 Å². The first-order valence-electron chi connectivity index (χ1n) is 5.82. The van der Waals surface area contributed by atoms with Gasteiger partial charge in [-0.1, -0.05) is 6.92 Å². The summed E-state index contributed by atoms with van der Waals surface area (Å²) in [4.78, 5) is 2.43. The SMILES string of the molecule is CCCN(C)C(C)CCNC(C)(C)C. The van der Waals surface area contributed by atoms with Crippen molar-refractivity contribution in [3.63, 3.8) is 0 Å². The minimum atomic E-state index is 0.253. The third-order valence-corrected chi connectivity index (χ3v) is 2.55. The summed E-state index contributed by atoms with van der Waals surface area (Å²) in [5.41, 5.74) is 0.253. The molecule has 1 atom stereocenters. The van der Waals surface area contributed by atoms with E-state index >= 15 is 0 Å². The normalized spacial score (nSPS) is 14.8. The lowest BCUT2D eigenvalue weighted by atomic mass is 10.1. The van der Waals surface area contributed by atoms with Crippen LogP contribution < -0.4 is 5.32 Å². The Bertz CT molecular complexity index is 138. The molecule has 0 aliphatic heterocycles. The van der Waals surface area contributed by atoms with Crippen molar-refractivity contribution in [2.45, 2.75) is 59.0 Å². The van der Waals surface area contributed by atoms with Crippen molar-refractivity contribution in [2.24, 2.45) is 0 Å². The van der Waals surface area contributed by atoms with Crippen molar-refractivity contribution in [1.82, 2.24) is 10.2 Å². The second-order valence-corrected chi connectivity index (χ2v) is 5.30. The van der Waals surface area contributed by atoms with E-state index in [4.69, 9.17) is 0 Å². The first-order valence-corrected chi connectivity index (χ1v) is 5.82. The summed E-state index contributed by atoms with van der Waals surface area (Å²) in [7, 11) is 2.21. The lowest BCUT2D eigenvalue weighted by Crippen LogP contribution is -2.39. The van der Waals surface area contributed by atoms with E-state index in [1.165, 1.54) is 19.4 Å². The van der Waals surface area contributed by atoms with E-state index in [2.05, 4.69) is 51.9 Å². The Morgan fingerprint density at radius 1 is 1.29 bits per heavy atom. The van der Waals surface area contributed by atoms with Crippen LogP contribution in [0, 0.1) is 0 Å². The predicted molar refractivity (Wildman–Crippen MR) is 64.8 cm³/mol. The lowest BCUT2D eigenvalue weighted by Gasteiger charge is -2.26. The van der Waals surface area contributed by atoms with Crippen LogP contribution in [0.15, 0.2) is 0 Å². The maximum absolute atomic E-state index is 3.52. The van der Waals surface area contributed by atoms with Gasteiger partial charge in [-0.05, 0) is 60.7 Å². The van der Waals surface area contributed by atoms with Gasteiger partial charge in [0.25, 0.3) is 0 Å². The molecular weight excluding hydrogens is 172 g/mol. The highest BCUT2D eigenvalue weighted by Crippen LogP contribution is 2.03. The molecule has 0 saturated carbocycles. The second-order valence-electron chi connectivity index (χ2n) is 5.30. The average Bonchev–Trinajstić information content (AvgIpc) is 2.02. The maximum atomic E-state index is 3.52. The van der Waals surface area contributed by atoms with E-state index in [1.54, 1.807) is 0 Å². The Labute approximate surface area is 90.1 Å². The summed E-state index contributed by atoms with van der Waals surface area (Å²) < 4.78 is 0. The van der Waals surface area contributed by atoms with Crippen LogP contribution in [0.1, 0.15) is 47.5 Å². The van der Waals surface area contributed by atoms with Gasteiger partial charge >= 0.3 is 0 Å². The molecule has 14 heavy (non-hydrogen) atoms. The topological polar surface area (TPSA) is 15.3 Å². The molecule has 0 aromatic rings. The molecule has 0 aromatic heterocycles. The Hall–Kier alpha value is -0.0800. The molecule has 0 saturated heterocycles. The van der Waals surface area contributed by atoms with Crippen molar-refractivity contribution in [1.29, 1.82) is 0 Å². The van der Waals surface area contributed by atoms with E-state index < -0.39 is 0 Å². The Balaban J connectivity index is 3.58. The van der Waals surface area contributed by atoms with Gasteiger partial charge in [0, 0.05) is 11.6 Å². The minimum absolute atomic E-state index is 0.253. The maximum Gasteiger partial charge on any atom is 0.00965 e. The standard InChI is InChI=1S/C12H28N2/c1-7-10-14(6)11(2)8-9-13-12(3,4)5/h11,13H,7-10H2,1-6H3. The predicted octanol–water partition coefficient (Wildman–Crippen LogP) is 2.49. The van der Waals surface area contributed by atoms with E-state index in [0.717, 1.165) is 6.54 Å². The van der Waals surface area contributed by atoms with Crippen LogP contribution in [0.2, 0.25) is 0 Å². The molecule has 1 N–H and O–H groups in total. The van der Waals surface area contributed by atoms with Crippen molar-refractivity contribution in [3.05, 3.63) is 0 Å². The molecule has 0 aromatic carbocycles. The molecule has 86 valence electrons. The van der Waals surface area contributed by atoms with E-state index in [9.17, 15) is 0 Å². The van der Waals surface area contributed by atoms with Crippen molar-refractivity contribution >= 4 is 0 Å². The molecule has 0 bridgehead atoms. The highest BCUT2D eigenvalue weighted by Gasteiger charge is 2.11. The Kier molecular flexibility index (Phi) is 6.38. The zero-order valence-electron chi connectivity index (χ0n) is 10.9. The molecule has 0 amide bonds. The van der Waals surface area contributed by atoms with Gasteiger partial charge in [0.1, 0.15) is 0 Å². The fourth-order valence-electron chi connectivity index (χ4n) is 1.45. The van der Waals surface area contributed by atoms with Gasteiger partial charge in [0.2, 0.25) is 0 Å². The van der Waals surface area contributed by atoms with Gasteiger partial charge in [-0.3, -0.25) is 0 Å². The smallest absolute Gasteiger partial charge is 0.00965 e. The Morgan fingerprint density at radius 3 is 2.29 bits per heavy atom. The number of nitrogens with one attached hydrogen (secondary N) is 1. The zero-order chi connectivity index (χ0) is 11.2. The molecule has 1 unspecified atom stereocenters. The fourth-order valence-corrected chi connectivity index (χ4v) is 1.45. The number of hydrogen-bond donors (Lipinski definition) is 1. The molecule has 0 fully saturated rings. The van der Waals surface area contributed by atoms with Gasteiger partial charge in [0.05, 0.1) is 0 Å². The van der Waals surface area contributed by atoms with Gasteiger partial charge in [-0.2, -0.15) is 0 Å². The molecule has 0 rings (SSSR count). The van der Waals surface area contributed by atoms with Crippen molar-refractivity contribution in [2.75, 3.05) is 20.1 Å². The summed E-state index contributed by atoms with van der Waals surface area (Å²) in [5.74, 6) is 0. The molecule has 0 aliphatic carbocycles. The molecule has 0 aliphatic rings. The first-order chi connectivity index (χ1) is 6.37. The monoisotopic (exact) mass is 200 g/mol. The second kappa shape index (κ2) is 6.41. The van der Waals surface area contributed by atoms with Crippen molar-refractivity contribution < 1.29 is 0 Å². The highest BCUT2D eigenvalue weighted by atomic mass is 15.1. The van der Waals surface area contributed by atoms with Gasteiger partial charge in [-0.15, -0.1) is 0 Å². The lowest BCUT2D eigenvalue weighted by molar-refractivity contribution is 0.239. The molecule has 0 spiro atoms. The van der Waals surface area contributed by atoms with Crippen LogP contribution in [0.25, 0.3) is 0 Å². The van der Waals surface area contributed by atoms with Crippen molar-refractivity contribution in [3.8, 4) is 0 Å². The number of rotatable bonds is 6. The quantitative estimate of drug-likeness (QED) is 0.708. The number of hydrogen-bond acceptors (Lipinski definition) is 2. The molecule has 0 radical (unpaired) electrons. The van der Waals surface area contributed by atoms with Gasteiger partial charge in [-0.25, -0.2) is 0 Å². The minimum Gasteiger partial charge on any atom is -0.312 e. The molecule has 2 heteroatoms. The molecular formula is C12H28N2. The van der Waals surface area contributed by atoms with Crippen LogP contribution in [0.5, 0.6) is 0 Å². The average molecular weight is 200 g/mol. The summed E-state index contributed by atoms with van der Waals surface area (Å²) in [5, 5.41) is 3.52. The summed E-state index contributed by atoms with van der Waals surface area (Å²) in [6, 6.07) is 0.685. The van der Waals surface area contributed by atoms with E-state index in [-0.39, 0.29) is 5.54 Å². The zero-order valence-corrected chi connectivity index (χ0v) is 10.9. The van der Waals surface area contributed by atoms with Crippen LogP contribution in [-0.4, -0.2) is 36.6 Å². The van der Waals surface area contributed by atoms with Gasteiger partial charge < -0.3 is 10.2 Å². The number of nitrogens with zero attached hydrogens (tertiary/aromatic N) is 1. The summed E-state index contributed by atoms with van der Waals surface area (Å²) in [6.07, 6.45) is 2.47. The third kappa shape index (κ3) is 7.34. The van der Waals surface area contributed by atoms with Crippen LogP contribution in [0.3, 0.4) is 0 Å². The third-order valence-electron chi connectivity index (χ3n) is 2.55. The Morgan fingerprint density at radius 2 is 1.86 bits per heavy atom. The van der Waals surface area contributed by atoms with E-state index in [0.29, 0.717) is 6.04 Å². The van der Waals surface area contributed by atoms with Crippen LogP contribution in [-0.2, 0) is 0 Å². The summed E-state index contributed by atoms with van der Waals surface area (Å²) >= 11 is 0. The van der Waals surface area contributed by atoms with Crippen LogP contribution >= 0.6 is 0 Å². The molecule has 2 nitrogen and oxygen atoms in total.